The summed E-state index contributed by atoms with van der Waals surface area (Å²) in [6.45, 7) is 1.24. The monoisotopic (exact) mass is 328 g/mol. The summed E-state index contributed by atoms with van der Waals surface area (Å²) >= 11 is 0. The summed E-state index contributed by atoms with van der Waals surface area (Å²) in [4.78, 5) is 18.6. The van der Waals surface area contributed by atoms with Crippen molar-refractivity contribution in [3.63, 3.8) is 0 Å². The molecule has 4 nitrogen and oxygen atoms in total. The zero-order chi connectivity index (χ0) is 16.9. The van der Waals surface area contributed by atoms with E-state index in [-0.39, 0.29) is 17.8 Å². The van der Waals surface area contributed by atoms with E-state index in [0.29, 0.717) is 31.5 Å². The maximum Gasteiger partial charge on any atom is 0.255 e. The highest BCUT2D eigenvalue weighted by molar-refractivity contribution is 5.93. The highest BCUT2D eigenvalue weighted by Gasteiger charge is 2.20. The van der Waals surface area contributed by atoms with E-state index >= 15 is 0 Å². The fourth-order valence-corrected chi connectivity index (χ4v) is 2.98. The largest absolute Gasteiger partial charge is 0.393 e. The molecule has 1 atom stereocenters. The zero-order valence-electron chi connectivity index (χ0n) is 13.5. The van der Waals surface area contributed by atoms with Crippen molar-refractivity contribution < 1.29 is 14.3 Å². The minimum Gasteiger partial charge on any atom is -0.393 e. The van der Waals surface area contributed by atoms with Crippen LogP contribution < -0.4 is 0 Å². The van der Waals surface area contributed by atoms with Crippen LogP contribution in [0.1, 0.15) is 40.9 Å². The molecule has 5 heteroatoms. The Hall–Kier alpha value is -2.27. The molecule has 0 radical (unpaired) electrons. The van der Waals surface area contributed by atoms with Crippen molar-refractivity contribution in [2.45, 2.75) is 31.8 Å². The molecule has 0 saturated carbocycles. The molecule has 1 fully saturated rings. The summed E-state index contributed by atoms with van der Waals surface area (Å²) in [7, 11) is 0. The van der Waals surface area contributed by atoms with Gasteiger partial charge in [-0.05, 0) is 49.1 Å². The molecule has 1 aliphatic rings. The Morgan fingerprint density at radius 3 is 2.88 bits per heavy atom. The lowest BCUT2D eigenvalue weighted by atomic mass is 10.1. The molecule has 1 aliphatic heterocycles. The molecular formula is C19H21FN2O2. The zero-order valence-corrected chi connectivity index (χ0v) is 13.5. The molecule has 1 unspecified atom stereocenters. The number of hydrogen-bond donors (Lipinski definition) is 1. The molecule has 0 bridgehead atoms. The minimum absolute atomic E-state index is 0.0473. The maximum absolute atomic E-state index is 13.2. The van der Waals surface area contributed by atoms with Gasteiger partial charge in [-0.3, -0.25) is 9.78 Å². The maximum atomic E-state index is 13.2. The number of nitrogens with zero attached hydrogens (tertiary/aromatic N) is 2. The summed E-state index contributed by atoms with van der Waals surface area (Å²) in [6, 6.07) is 10.0. The smallest absolute Gasteiger partial charge is 0.255 e. The Balaban J connectivity index is 1.66. The number of benzene rings is 1. The van der Waals surface area contributed by atoms with Crippen LogP contribution >= 0.6 is 0 Å². The number of likely N-dealkylation sites (tertiary alicyclic amines) is 1. The fraction of sp³-hybridized carbons (Fsp3) is 0.368. The third-order valence-corrected chi connectivity index (χ3v) is 4.33. The predicted octanol–water partition coefficient (Wildman–Crippen LogP) is 2.80. The van der Waals surface area contributed by atoms with Crippen molar-refractivity contribution >= 4 is 5.91 Å². The molecule has 1 aromatic heterocycles. The molecule has 3 rings (SSSR count). The van der Waals surface area contributed by atoms with Gasteiger partial charge in [0.05, 0.1) is 11.7 Å². The predicted molar refractivity (Wildman–Crippen MR) is 89.2 cm³/mol. The van der Waals surface area contributed by atoms with Crippen molar-refractivity contribution in [1.29, 1.82) is 0 Å². The Bertz CT molecular complexity index is 703. The SMILES string of the molecule is O=C(c1ccc(Cc2cccc(F)c2)nc1)N1CCCC(O)CC1. The van der Waals surface area contributed by atoms with Gasteiger partial charge in [-0.2, -0.15) is 0 Å². The van der Waals surface area contributed by atoms with Gasteiger partial charge in [0, 0.05) is 31.4 Å². The van der Waals surface area contributed by atoms with Gasteiger partial charge in [0.1, 0.15) is 5.82 Å². The number of amides is 1. The summed E-state index contributed by atoms with van der Waals surface area (Å²) in [5.74, 6) is -0.309. The van der Waals surface area contributed by atoms with Gasteiger partial charge < -0.3 is 10.0 Å². The lowest BCUT2D eigenvalue weighted by Crippen LogP contribution is -2.32. The average Bonchev–Trinajstić information content (AvgIpc) is 2.80. The van der Waals surface area contributed by atoms with Crippen LogP contribution in [-0.2, 0) is 6.42 Å². The number of pyridine rings is 1. The van der Waals surface area contributed by atoms with Crippen molar-refractivity contribution in [2.75, 3.05) is 13.1 Å². The van der Waals surface area contributed by atoms with Gasteiger partial charge >= 0.3 is 0 Å². The van der Waals surface area contributed by atoms with Crippen LogP contribution in [0.15, 0.2) is 42.6 Å². The van der Waals surface area contributed by atoms with Gasteiger partial charge in [-0.25, -0.2) is 4.39 Å². The molecule has 0 spiro atoms. The number of hydrogen-bond acceptors (Lipinski definition) is 3. The normalized spacial score (nSPS) is 18.2. The van der Waals surface area contributed by atoms with Crippen molar-refractivity contribution in [1.82, 2.24) is 9.88 Å². The number of carbonyl (C=O) groups excluding carboxylic acids is 1. The van der Waals surface area contributed by atoms with Gasteiger partial charge in [0.25, 0.3) is 5.91 Å². The summed E-state index contributed by atoms with van der Waals surface area (Å²) in [5.41, 5.74) is 2.20. The third-order valence-electron chi connectivity index (χ3n) is 4.33. The van der Waals surface area contributed by atoms with E-state index < -0.39 is 0 Å². The van der Waals surface area contributed by atoms with Crippen LogP contribution in [0.4, 0.5) is 4.39 Å². The number of aliphatic hydroxyl groups excluding tert-OH is 1. The Labute approximate surface area is 141 Å². The second-order valence-electron chi connectivity index (χ2n) is 6.22. The summed E-state index contributed by atoms with van der Waals surface area (Å²) in [5, 5.41) is 9.68. The number of aromatic nitrogens is 1. The van der Waals surface area contributed by atoms with Crippen LogP contribution in [0, 0.1) is 5.82 Å². The molecule has 1 saturated heterocycles. The van der Waals surface area contributed by atoms with Crippen LogP contribution in [0.2, 0.25) is 0 Å². The second kappa shape index (κ2) is 7.53. The number of rotatable bonds is 3. The quantitative estimate of drug-likeness (QED) is 0.943. The molecule has 2 aromatic rings. The highest BCUT2D eigenvalue weighted by atomic mass is 19.1. The Morgan fingerprint density at radius 1 is 1.25 bits per heavy atom. The molecule has 1 N–H and O–H groups in total. The second-order valence-corrected chi connectivity index (χ2v) is 6.22. The number of aliphatic hydroxyl groups is 1. The van der Waals surface area contributed by atoms with E-state index in [1.165, 1.54) is 12.1 Å². The van der Waals surface area contributed by atoms with E-state index in [2.05, 4.69) is 4.98 Å². The number of halogens is 1. The first kappa shape index (κ1) is 16.6. The van der Waals surface area contributed by atoms with Crippen molar-refractivity contribution in [3.05, 3.63) is 65.2 Å². The van der Waals surface area contributed by atoms with E-state index in [1.54, 1.807) is 23.2 Å². The minimum atomic E-state index is -0.311. The lowest BCUT2D eigenvalue weighted by Gasteiger charge is -2.20. The van der Waals surface area contributed by atoms with Crippen LogP contribution in [0.25, 0.3) is 0 Å². The topological polar surface area (TPSA) is 53.4 Å². The molecule has 126 valence electrons. The van der Waals surface area contributed by atoms with E-state index in [0.717, 1.165) is 24.1 Å². The highest BCUT2D eigenvalue weighted by Crippen LogP contribution is 2.15. The summed E-state index contributed by atoms with van der Waals surface area (Å²) in [6.07, 6.45) is 3.98. The van der Waals surface area contributed by atoms with E-state index in [4.69, 9.17) is 0 Å². The Kier molecular flexibility index (Phi) is 5.20. The molecular weight excluding hydrogens is 307 g/mol. The third kappa shape index (κ3) is 4.17. The lowest BCUT2D eigenvalue weighted by molar-refractivity contribution is 0.0752. The van der Waals surface area contributed by atoms with Gasteiger partial charge in [-0.1, -0.05) is 12.1 Å². The Morgan fingerprint density at radius 2 is 2.12 bits per heavy atom. The molecule has 2 heterocycles. The molecule has 1 amide bonds. The van der Waals surface area contributed by atoms with Gasteiger partial charge in [-0.15, -0.1) is 0 Å². The van der Waals surface area contributed by atoms with Crippen LogP contribution in [0.5, 0.6) is 0 Å². The molecule has 24 heavy (non-hydrogen) atoms. The van der Waals surface area contributed by atoms with Gasteiger partial charge in [0.2, 0.25) is 0 Å². The van der Waals surface area contributed by atoms with Crippen molar-refractivity contribution in [2.24, 2.45) is 0 Å². The summed E-state index contributed by atoms with van der Waals surface area (Å²) < 4.78 is 13.2. The van der Waals surface area contributed by atoms with Crippen LogP contribution in [-0.4, -0.2) is 40.1 Å². The molecule has 1 aromatic carbocycles. The standard InChI is InChI=1S/C19H21FN2O2/c20-16-4-1-3-14(11-16)12-17-7-6-15(13-21-17)19(24)22-9-2-5-18(23)8-10-22/h1,3-4,6-7,11,13,18,23H,2,5,8-10,12H2. The number of carbonyl (C=O) groups is 1. The van der Waals surface area contributed by atoms with E-state index in [9.17, 15) is 14.3 Å². The first-order valence-electron chi connectivity index (χ1n) is 8.28. The van der Waals surface area contributed by atoms with Crippen LogP contribution in [0.3, 0.4) is 0 Å². The first-order valence-corrected chi connectivity index (χ1v) is 8.28. The first-order chi connectivity index (χ1) is 11.6. The van der Waals surface area contributed by atoms with E-state index in [1.807, 2.05) is 12.1 Å². The molecule has 0 aliphatic carbocycles. The van der Waals surface area contributed by atoms with Gasteiger partial charge in [0.15, 0.2) is 0 Å². The fourth-order valence-electron chi connectivity index (χ4n) is 2.98. The van der Waals surface area contributed by atoms with Crippen molar-refractivity contribution in [3.8, 4) is 0 Å². The average molecular weight is 328 g/mol.